The SMILES string of the molecule is Cc1ccccc1-c1ccnc(N(C)C)c1C(=O)O. The summed E-state index contributed by atoms with van der Waals surface area (Å²) >= 11 is 0. The van der Waals surface area contributed by atoms with Crippen molar-refractivity contribution in [3.05, 3.63) is 47.7 Å². The predicted molar refractivity (Wildman–Crippen MR) is 75.7 cm³/mol. The van der Waals surface area contributed by atoms with Crippen molar-refractivity contribution in [1.29, 1.82) is 0 Å². The van der Waals surface area contributed by atoms with E-state index < -0.39 is 5.97 Å². The molecule has 0 aliphatic carbocycles. The predicted octanol–water partition coefficient (Wildman–Crippen LogP) is 2.82. The second kappa shape index (κ2) is 5.10. The van der Waals surface area contributed by atoms with Gasteiger partial charge in [0.2, 0.25) is 0 Å². The van der Waals surface area contributed by atoms with Gasteiger partial charge in [0.15, 0.2) is 0 Å². The van der Waals surface area contributed by atoms with Gasteiger partial charge >= 0.3 is 5.97 Å². The summed E-state index contributed by atoms with van der Waals surface area (Å²) in [6.45, 7) is 1.97. The highest BCUT2D eigenvalue weighted by Crippen LogP contribution is 2.30. The summed E-state index contributed by atoms with van der Waals surface area (Å²) in [6.07, 6.45) is 1.64. The fourth-order valence-corrected chi connectivity index (χ4v) is 2.10. The number of aromatic carboxylic acids is 1. The molecule has 98 valence electrons. The van der Waals surface area contributed by atoms with Gasteiger partial charge in [0.05, 0.1) is 0 Å². The van der Waals surface area contributed by atoms with Gasteiger partial charge in [-0.15, -0.1) is 0 Å². The molecule has 1 N–H and O–H groups in total. The van der Waals surface area contributed by atoms with Crippen LogP contribution in [0, 0.1) is 6.92 Å². The Bertz CT molecular complexity index is 621. The van der Waals surface area contributed by atoms with Gasteiger partial charge in [-0.1, -0.05) is 24.3 Å². The summed E-state index contributed by atoms with van der Waals surface area (Å²) in [5.74, 6) is -0.497. The number of hydrogen-bond donors (Lipinski definition) is 1. The van der Waals surface area contributed by atoms with Crippen molar-refractivity contribution in [1.82, 2.24) is 4.98 Å². The number of pyridine rings is 1. The van der Waals surface area contributed by atoms with E-state index in [0.29, 0.717) is 11.4 Å². The zero-order valence-corrected chi connectivity index (χ0v) is 11.2. The molecule has 0 atom stereocenters. The Morgan fingerprint density at radius 3 is 2.42 bits per heavy atom. The summed E-state index contributed by atoms with van der Waals surface area (Å²) in [5, 5.41) is 9.48. The zero-order chi connectivity index (χ0) is 14.0. The first-order chi connectivity index (χ1) is 9.02. The molecule has 19 heavy (non-hydrogen) atoms. The van der Waals surface area contributed by atoms with Crippen LogP contribution in [0.3, 0.4) is 0 Å². The molecule has 1 aromatic heterocycles. The number of nitrogens with zero attached hydrogens (tertiary/aromatic N) is 2. The Hall–Kier alpha value is -2.36. The molecule has 0 spiro atoms. The quantitative estimate of drug-likeness (QED) is 0.917. The van der Waals surface area contributed by atoms with Crippen LogP contribution < -0.4 is 4.90 Å². The van der Waals surface area contributed by atoms with Crippen molar-refractivity contribution in [2.75, 3.05) is 19.0 Å². The maximum absolute atomic E-state index is 11.6. The second-order valence-electron chi connectivity index (χ2n) is 4.57. The smallest absolute Gasteiger partial charge is 0.340 e. The molecule has 0 fully saturated rings. The normalized spacial score (nSPS) is 10.3. The maximum Gasteiger partial charge on any atom is 0.340 e. The monoisotopic (exact) mass is 256 g/mol. The molecule has 0 amide bonds. The van der Waals surface area contributed by atoms with Gasteiger partial charge in [-0.3, -0.25) is 0 Å². The van der Waals surface area contributed by atoms with Crippen LogP contribution in [0.5, 0.6) is 0 Å². The van der Waals surface area contributed by atoms with Gasteiger partial charge in [0.1, 0.15) is 11.4 Å². The number of aryl methyl sites for hydroxylation is 1. The lowest BCUT2D eigenvalue weighted by atomic mass is 9.97. The Labute approximate surface area is 112 Å². The third kappa shape index (κ3) is 2.42. The standard InChI is InChI=1S/C15H16N2O2/c1-10-6-4-5-7-11(10)12-8-9-16-14(17(2)3)13(12)15(18)19/h4-9H,1-3H3,(H,18,19). The summed E-state index contributed by atoms with van der Waals surface area (Å²) < 4.78 is 0. The highest BCUT2D eigenvalue weighted by atomic mass is 16.4. The zero-order valence-electron chi connectivity index (χ0n) is 11.2. The van der Waals surface area contributed by atoms with E-state index in [1.807, 2.05) is 31.2 Å². The molecular weight excluding hydrogens is 240 g/mol. The summed E-state index contributed by atoms with van der Waals surface area (Å²) in [7, 11) is 3.58. The van der Waals surface area contributed by atoms with E-state index in [4.69, 9.17) is 0 Å². The Morgan fingerprint density at radius 1 is 1.16 bits per heavy atom. The van der Waals surface area contributed by atoms with Crippen molar-refractivity contribution < 1.29 is 9.90 Å². The first kappa shape index (κ1) is 13.1. The molecule has 1 aromatic carbocycles. The third-order valence-electron chi connectivity index (χ3n) is 3.00. The first-order valence-corrected chi connectivity index (χ1v) is 5.98. The molecule has 4 heteroatoms. The van der Waals surface area contributed by atoms with Gasteiger partial charge in [0, 0.05) is 25.9 Å². The Balaban J connectivity index is 2.74. The fourth-order valence-electron chi connectivity index (χ4n) is 2.10. The minimum atomic E-state index is -0.963. The minimum Gasteiger partial charge on any atom is -0.478 e. The van der Waals surface area contributed by atoms with Gasteiger partial charge in [-0.25, -0.2) is 9.78 Å². The maximum atomic E-state index is 11.6. The minimum absolute atomic E-state index is 0.238. The molecule has 0 aliphatic rings. The summed E-state index contributed by atoms with van der Waals surface area (Å²) in [6, 6.07) is 9.49. The van der Waals surface area contributed by atoms with Crippen LogP contribution in [0.4, 0.5) is 5.82 Å². The van der Waals surface area contributed by atoms with Crippen LogP contribution in [-0.4, -0.2) is 30.2 Å². The lowest BCUT2D eigenvalue weighted by Crippen LogP contribution is -2.16. The van der Waals surface area contributed by atoms with Crippen molar-refractivity contribution in [3.8, 4) is 11.1 Å². The van der Waals surface area contributed by atoms with E-state index >= 15 is 0 Å². The lowest BCUT2D eigenvalue weighted by Gasteiger charge is -2.17. The largest absolute Gasteiger partial charge is 0.478 e. The van der Waals surface area contributed by atoms with Crippen LogP contribution >= 0.6 is 0 Å². The van der Waals surface area contributed by atoms with Crippen LogP contribution in [0.25, 0.3) is 11.1 Å². The highest BCUT2D eigenvalue weighted by Gasteiger charge is 2.19. The molecule has 1 heterocycles. The molecule has 2 rings (SSSR count). The Kier molecular flexibility index (Phi) is 3.51. The number of carboxylic acid groups (broad SMARTS) is 1. The van der Waals surface area contributed by atoms with Gasteiger partial charge in [-0.2, -0.15) is 0 Å². The average molecular weight is 256 g/mol. The number of rotatable bonds is 3. The van der Waals surface area contributed by atoms with E-state index in [1.165, 1.54) is 0 Å². The molecule has 0 bridgehead atoms. The van der Waals surface area contributed by atoms with Crippen molar-refractivity contribution in [2.45, 2.75) is 6.92 Å². The molecular formula is C15H16N2O2. The van der Waals surface area contributed by atoms with Gasteiger partial charge in [-0.05, 0) is 24.1 Å². The highest BCUT2D eigenvalue weighted by molar-refractivity contribution is 6.01. The Morgan fingerprint density at radius 2 is 1.84 bits per heavy atom. The van der Waals surface area contributed by atoms with Crippen molar-refractivity contribution in [2.24, 2.45) is 0 Å². The molecule has 4 nitrogen and oxygen atoms in total. The number of carboxylic acids is 1. The molecule has 0 radical (unpaired) electrons. The first-order valence-electron chi connectivity index (χ1n) is 5.98. The van der Waals surface area contributed by atoms with Gasteiger partial charge < -0.3 is 10.0 Å². The summed E-state index contributed by atoms with van der Waals surface area (Å²) in [5.41, 5.74) is 2.90. The molecule has 0 unspecified atom stereocenters. The lowest BCUT2D eigenvalue weighted by molar-refractivity contribution is 0.0698. The molecule has 0 aliphatic heterocycles. The number of benzene rings is 1. The summed E-state index contributed by atoms with van der Waals surface area (Å²) in [4.78, 5) is 17.4. The van der Waals surface area contributed by atoms with E-state index in [1.54, 1.807) is 31.3 Å². The number of hydrogen-bond acceptors (Lipinski definition) is 3. The second-order valence-corrected chi connectivity index (χ2v) is 4.57. The van der Waals surface area contributed by atoms with Gasteiger partial charge in [0.25, 0.3) is 0 Å². The van der Waals surface area contributed by atoms with Crippen LogP contribution in [0.2, 0.25) is 0 Å². The van der Waals surface area contributed by atoms with Crippen LogP contribution in [0.15, 0.2) is 36.5 Å². The van der Waals surface area contributed by atoms with E-state index in [2.05, 4.69) is 4.98 Å². The molecule has 0 saturated carbocycles. The average Bonchev–Trinajstić information content (AvgIpc) is 2.38. The van der Waals surface area contributed by atoms with Crippen molar-refractivity contribution >= 4 is 11.8 Å². The van der Waals surface area contributed by atoms with Crippen LogP contribution in [0.1, 0.15) is 15.9 Å². The number of aromatic nitrogens is 1. The van der Waals surface area contributed by atoms with Crippen LogP contribution in [-0.2, 0) is 0 Å². The fraction of sp³-hybridized carbons (Fsp3) is 0.200. The molecule has 0 saturated heterocycles. The topological polar surface area (TPSA) is 53.4 Å². The number of carbonyl (C=O) groups is 1. The third-order valence-corrected chi connectivity index (χ3v) is 3.00. The van der Waals surface area contributed by atoms with Crippen molar-refractivity contribution in [3.63, 3.8) is 0 Å². The van der Waals surface area contributed by atoms with E-state index in [9.17, 15) is 9.90 Å². The number of anilines is 1. The molecule has 2 aromatic rings. The van der Waals surface area contributed by atoms with E-state index in [-0.39, 0.29) is 5.56 Å². The van der Waals surface area contributed by atoms with E-state index in [0.717, 1.165) is 11.1 Å².